The largest absolute Gasteiger partial charge is 0.479 e. The molecule has 3 aromatic carbocycles. The highest BCUT2D eigenvalue weighted by atomic mass is 16.5. The lowest BCUT2D eigenvalue weighted by molar-refractivity contribution is -0.139. The molecule has 1 heterocycles. The minimum absolute atomic E-state index is 0. The van der Waals surface area contributed by atoms with Gasteiger partial charge in [-0.3, -0.25) is 0 Å². The van der Waals surface area contributed by atoms with Gasteiger partial charge in [0.15, 0.2) is 17.9 Å². The van der Waals surface area contributed by atoms with E-state index < -0.39 is 12.6 Å². The van der Waals surface area contributed by atoms with Crippen LogP contribution in [0.5, 0.6) is 5.75 Å². The third kappa shape index (κ3) is 4.88. The van der Waals surface area contributed by atoms with Crippen molar-refractivity contribution in [1.82, 2.24) is 0 Å². The Labute approximate surface area is 175 Å². The van der Waals surface area contributed by atoms with Crippen LogP contribution in [0.15, 0.2) is 89.3 Å². The molecule has 30 heavy (non-hydrogen) atoms. The smallest absolute Gasteiger partial charge is 0.341 e. The maximum atomic E-state index is 10.8. The summed E-state index contributed by atoms with van der Waals surface area (Å²) in [5, 5.41) is 9.67. The summed E-state index contributed by atoms with van der Waals surface area (Å²) in [7, 11) is 0. The second kappa shape index (κ2) is 9.76. The van der Waals surface area contributed by atoms with Crippen molar-refractivity contribution in [3.05, 3.63) is 102 Å². The second-order valence-electron chi connectivity index (χ2n) is 6.58. The molecular weight excluding hydrogens is 380 g/mol. The van der Waals surface area contributed by atoms with Crippen molar-refractivity contribution in [2.45, 2.75) is 20.1 Å². The third-order valence-electron chi connectivity index (χ3n) is 4.51. The average Bonchev–Trinajstić information content (AvgIpc) is 3.17. The number of carbonyl (C=O) groups is 1. The van der Waals surface area contributed by atoms with Gasteiger partial charge in [0.05, 0.1) is 0 Å². The Morgan fingerprint density at radius 3 is 2.13 bits per heavy atom. The molecule has 0 atom stereocenters. The molecule has 0 saturated heterocycles. The minimum Gasteiger partial charge on any atom is -0.479 e. The molecule has 0 unspecified atom stereocenters. The number of benzene rings is 3. The van der Waals surface area contributed by atoms with E-state index in [-0.39, 0.29) is 20.1 Å². The molecule has 0 saturated carbocycles. The summed E-state index contributed by atoms with van der Waals surface area (Å²) in [6, 6.07) is 27.3. The van der Waals surface area contributed by atoms with Crippen molar-refractivity contribution in [3.63, 3.8) is 0 Å². The highest BCUT2D eigenvalue weighted by molar-refractivity contribution is 5.84. The van der Waals surface area contributed by atoms with Crippen molar-refractivity contribution in [3.8, 4) is 5.75 Å². The van der Waals surface area contributed by atoms with Gasteiger partial charge in [-0.05, 0) is 23.3 Å². The Hall–Kier alpha value is -3.57. The fourth-order valence-corrected chi connectivity index (χ4v) is 3.22. The van der Waals surface area contributed by atoms with Crippen molar-refractivity contribution in [2.24, 2.45) is 0 Å². The van der Waals surface area contributed by atoms with E-state index in [0.717, 1.165) is 16.5 Å². The van der Waals surface area contributed by atoms with Crippen LogP contribution in [0.1, 0.15) is 30.4 Å². The molecular formula is C25H24O5. The number of aliphatic carboxylic acids is 1. The van der Waals surface area contributed by atoms with Crippen molar-refractivity contribution in [1.29, 1.82) is 0 Å². The van der Waals surface area contributed by atoms with E-state index in [4.69, 9.17) is 19.0 Å². The first-order valence-corrected chi connectivity index (χ1v) is 9.28. The van der Waals surface area contributed by atoms with Gasteiger partial charge in [0.1, 0.15) is 18.5 Å². The number of ether oxygens (including phenoxy) is 2. The van der Waals surface area contributed by atoms with E-state index in [1.165, 1.54) is 0 Å². The van der Waals surface area contributed by atoms with E-state index >= 15 is 0 Å². The molecule has 0 bridgehead atoms. The molecule has 0 fully saturated rings. The van der Waals surface area contributed by atoms with Crippen LogP contribution < -0.4 is 4.74 Å². The third-order valence-corrected chi connectivity index (χ3v) is 4.51. The zero-order chi connectivity index (χ0) is 20.1. The highest BCUT2D eigenvalue weighted by Crippen LogP contribution is 2.31. The number of hydrogen-bond donors (Lipinski definition) is 1. The van der Waals surface area contributed by atoms with E-state index in [9.17, 15) is 4.79 Å². The van der Waals surface area contributed by atoms with Crippen LogP contribution in [0.25, 0.3) is 11.0 Å². The summed E-state index contributed by atoms with van der Waals surface area (Å²) >= 11 is 0. The molecule has 4 rings (SSSR count). The standard InChI is InChI=1S/C24H20O5.CH4/c25-22(26)16-27-21-13-7-12-19-14-20(29-24(19)21)15-28-23(17-8-3-1-4-9-17)18-10-5-2-6-11-18;/h1-14,23H,15-16H2,(H,25,26);1H4. The van der Waals surface area contributed by atoms with Crippen LogP contribution >= 0.6 is 0 Å². The maximum Gasteiger partial charge on any atom is 0.341 e. The van der Waals surface area contributed by atoms with E-state index in [1.54, 1.807) is 12.1 Å². The topological polar surface area (TPSA) is 68.9 Å². The summed E-state index contributed by atoms with van der Waals surface area (Å²) in [4.78, 5) is 10.8. The number of fused-ring (bicyclic) bond motifs is 1. The van der Waals surface area contributed by atoms with Crippen molar-refractivity contribution in [2.75, 3.05) is 6.61 Å². The Morgan fingerprint density at radius 2 is 1.53 bits per heavy atom. The van der Waals surface area contributed by atoms with Crippen LogP contribution in [-0.4, -0.2) is 17.7 Å². The summed E-state index contributed by atoms with van der Waals surface area (Å²) in [5.41, 5.74) is 2.63. The van der Waals surface area contributed by atoms with Crippen LogP contribution in [0.3, 0.4) is 0 Å². The lowest BCUT2D eigenvalue weighted by Crippen LogP contribution is -2.09. The minimum atomic E-state index is -1.04. The predicted molar refractivity (Wildman–Crippen MR) is 116 cm³/mol. The van der Waals surface area contributed by atoms with Crippen LogP contribution in [-0.2, 0) is 16.1 Å². The van der Waals surface area contributed by atoms with Gasteiger partial charge in [0, 0.05) is 5.39 Å². The van der Waals surface area contributed by atoms with E-state index in [2.05, 4.69) is 0 Å². The van der Waals surface area contributed by atoms with Crippen LogP contribution in [0, 0.1) is 0 Å². The lowest BCUT2D eigenvalue weighted by Gasteiger charge is -2.18. The number of hydrogen-bond acceptors (Lipinski definition) is 4. The molecule has 4 aromatic rings. The first-order valence-electron chi connectivity index (χ1n) is 9.28. The zero-order valence-electron chi connectivity index (χ0n) is 15.7. The summed E-state index contributed by atoms with van der Waals surface area (Å²) in [5.74, 6) is 0.00716. The van der Waals surface area contributed by atoms with Gasteiger partial charge < -0.3 is 19.0 Å². The highest BCUT2D eigenvalue weighted by Gasteiger charge is 2.16. The normalized spacial score (nSPS) is 10.7. The number of carboxylic acid groups (broad SMARTS) is 1. The van der Waals surface area contributed by atoms with Gasteiger partial charge >= 0.3 is 5.97 Å². The Balaban J connectivity index is 0.00000256. The molecule has 1 N–H and O–H groups in total. The predicted octanol–water partition coefficient (Wildman–Crippen LogP) is 5.84. The van der Waals surface area contributed by atoms with Crippen LogP contribution in [0.4, 0.5) is 0 Å². The molecule has 0 aliphatic rings. The van der Waals surface area contributed by atoms with E-state index in [0.29, 0.717) is 17.1 Å². The molecule has 5 heteroatoms. The second-order valence-corrected chi connectivity index (χ2v) is 6.58. The summed E-state index contributed by atoms with van der Waals surface area (Å²) < 4.78 is 17.5. The first-order chi connectivity index (χ1) is 14.2. The molecule has 1 aromatic heterocycles. The Morgan fingerprint density at radius 1 is 0.900 bits per heavy atom. The summed E-state index contributed by atoms with van der Waals surface area (Å²) in [6.45, 7) is -0.156. The van der Waals surface area contributed by atoms with Gasteiger partial charge in [0.25, 0.3) is 0 Å². The quantitative estimate of drug-likeness (QED) is 0.400. The van der Waals surface area contributed by atoms with Gasteiger partial charge in [-0.15, -0.1) is 0 Å². The van der Waals surface area contributed by atoms with Crippen LogP contribution in [0.2, 0.25) is 0 Å². The Bertz CT molecular complexity index is 1050. The summed E-state index contributed by atoms with van der Waals surface area (Å²) in [6.07, 6.45) is -0.228. The maximum absolute atomic E-state index is 10.8. The number of furan rings is 1. The van der Waals surface area contributed by atoms with Gasteiger partial charge in [-0.2, -0.15) is 0 Å². The fourth-order valence-electron chi connectivity index (χ4n) is 3.22. The van der Waals surface area contributed by atoms with Gasteiger partial charge in [-0.25, -0.2) is 4.79 Å². The number of carboxylic acids is 1. The van der Waals surface area contributed by atoms with Crippen molar-refractivity contribution < 1.29 is 23.8 Å². The number of rotatable bonds is 8. The average molecular weight is 404 g/mol. The molecule has 0 amide bonds. The monoisotopic (exact) mass is 404 g/mol. The van der Waals surface area contributed by atoms with Crippen molar-refractivity contribution >= 4 is 16.9 Å². The number of para-hydroxylation sites is 1. The molecule has 0 spiro atoms. The first kappa shape index (κ1) is 21.1. The lowest BCUT2D eigenvalue weighted by atomic mass is 10.0. The Kier molecular flexibility index (Phi) is 6.88. The molecule has 5 nitrogen and oxygen atoms in total. The molecule has 0 aliphatic carbocycles. The SMILES string of the molecule is C.O=C(O)COc1cccc2cc(COC(c3ccccc3)c3ccccc3)oc12. The molecule has 154 valence electrons. The zero-order valence-corrected chi connectivity index (χ0v) is 15.7. The van der Waals surface area contributed by atoms with E-state index in [1.807, 2.05) is 72.8 Å². The fraction of sp³-hybridized carbons (Fsp3) is 0.160. The van der Waals surface area contributed by atoms with Gasteiger partial charge in [-0.1, -0.05) is 80.2 Å². The van der Waals surface area contributed by atoms with Gasteiger partial charge in [0.2, 0.25) is 0 Å². The molecule has 0 radical (unpaired) electrons. The molecule has 0 aliphatic heterocycles.